The highest BCUT2D eigenvalue weighted by Crippen LogP contribution is 2.20. The number of anilines is 1. The molecule has 0 bridgehead atoms. The van der Waals surface area contributed by atoms with Gasteiger partial charge in [-0.3, -0.25) is 0 Å². The third kappa shape index (κ3) is 5.09. The number of hydrogen-bond acceptors (Lipinski definition) is 3. The number of nitrogens with zero attached hydrogens (tertiary/aromatic N) is 1. The Bertz CT molecular complexity index is 344. The Balaban J connectivity index is 2.49. The minimum Gasteiger partial charge on any atom is -0.497 e. The predicted molar refractivity (Wildman–Crippen MR) is 73.8 cm³/mol. The third-order valence-electron chi connectivity index (χ3n) is 2.81. The van der Waals surface area contributed by atoms with Crippen molar-refractivity contribution in [3.8, 4) is 5.75 Å². The Hall–Kier alpha value is -1.22. The molecule has 0 atom stereocenters. The van der Waals surface area contributed by atoms with Gasteiger partial charge >= 0.3 is 0 Å². The van der Waals surface area contributed by atoms with Crippen molar-refractivity contribution in [3.63, 3.8) is 0 Å². The summed E-state index contributed by atoms with van der Waals surface area (Å²) in [6.45, 7) is 5.14. The first-order valence-corrected chi connectivity index (χ1v) is 6.06. The smallest absolute Gasteiger partial charge is 0.120 e. The van der Waals surface area contributed by atoms with Crippen LogP contribution in [0.25, 0.3) is 0 Å². The van der Waals surface area contributed by atoms with Gasteiger partial charge in [-0.15, -0.1) is 0 Å². The van der Waals surface area contributed by atoms with Gasteiger partial charge in [-0.1, -0.05) is 6.07 Å². The molecule has 0 amide bonds. The van der Waals surface area contributed by atoms with Crippen LogP contribution in [-0.4, -0.2) is 26.2 Å². The molecule has 0 fully saturated rings. The van der Waals surface area contributed by atoms with Crippen molar-refractivity contribution < 1.29 is 4.74 Å². The second-order valence-corrected chi connectivity index (χ2v) is 5.22. The maximum Gasteiger partial charge on any atom is 0.120 e. The lowest BCUT2D eigenvalue weighted by molar-refractivity contribution is 0.414. The van der Waals surface area contributed by atoms with Gasteiger partial charge in [0.05, 0.1) is 7.11 Å². The van der Waals surface area contributed by atoms with Gasteiger partial charge < -0.3 is 15.4 Å². The van der Waals surface area contributed by atoms with Crippen LogP contribution < -0.4 is 15.4 Å². The summed E-state index contributed by atoms with van der Waals surface area (Å²) >= 11 is 0. The zero-order valence-electron chi connectivity index (χ0n) is 11.4. The predicted octanol–water partition coefficient (Wildman–Crippen LogP) is 2.65. The highest BCUT2D eigenvalue weighted by molar-refractivity contribution is 5.49. The van der Waals surface area contributed by atoms with Crippen LogP contribution in [0, 0.1) is 0 Å². The van der Waals surface area contributed by atoms with Crippen LogP contribution in [0.15, 0.2) is 24.3 Å². The number of methoxy groups -OCH3 is 1. The van der Waals surface area contributed by atoms with E-state index in [0.717, 1.165) is 25.1 Å². The Morgan fingerprint density at radius 3 is 2.65 bits per heavy atom. The minimum absolute atomic E-state index is 0.0742. The lowest BCUT2D eigenvalue weighted by atomic mass is 10.00. The molecule has 0 heterocycles. The molecule has 3 heteroatoms. The zero-order chi connectivity index (χ0) is 12.9. The van der Waals surface area contributed by atoms with E-state index in [9.17, 15) is 0 Å². The van der Waals surface area contributed by atoms with E-state index >= 15 is 0 Å². The fraction of sp³-hybridized carbons (Fsp3) is 0.571. The molecule has 0 aromatic heterocycles. The Labute approximate surface area is 105 Å². The van der Waals surface area contributed by atoms with Crippen molar-refractivity contribution in [2.45, 2.75) is 32.2 Å². The molecule has 1 rings (SSSR count). The van der Waals surface area contributed by atoms with Gasteiger partial charge in [-0.2, -0.15) is 0 Å². The van der Waals surface area contributed by atoms with E-state index in [2.05, 4.69) is 31.9 Å². The monoisotopic (exact) mass is 236 g/mol. The maximum absolute atomic E-state index is 5.97. The summed E-state index contributed by atoms with van der Waals surface area (Å²) in [7, 11) is 3.79. The van der Waals surface area contributed by atoms with Gasteiger partial charge in [0.25, 0.3) is 0 Å². The van der Waals surface area contributed by atoms with Gasteiger partial charge in [0.1, 0.15) is 5.75 Å². The minimum atomic E-state index is -0.0742. The highest BCUT2D eigenvalue weighted by atomic mass is 16.5. The van der Waals surface area contributed by atoms with E-state index in [-0.39, 0.29) is 5.54 Å². The molecule has 1 aromatic rings. The van der Waals surface area contributed by atoms with Crippen molar-refractivity contribution in [1.29, 1.82) is 0 Å². The number of hydrogen-bond donors (Lipinski definition) is 1. The van der Waals surface area contributed by atoms with E-state index in [1.807, 2.05) is 18.2 Å². The van der Waals surface area contributed by atoms with E-state index in [0.29, 0.717) is 0 Å². The summed E-state index contributed by atoms with van der Waals surface area (Å²) in [5.41, 5.74) is 7.07. The molecule has 0 saturated heterocycles. The van der Waals surface area contributed by atoms with Crippen molar-refractivity contribution in [2.24, 2.45) is 5.73 Å². The molecule has 0 unspecified atom stereocenters. The Morgan fingerprint density at radius 1 is 1.35 bits per heavy atom. The Morgan fingerprint density at radius 2 is 2.06 bits per heavy atom. The molecule has 0 saturated carbocycles. The largest absolute Gasteiger partial charge is 0.497 e. The first-order valence-electron chi connectivity index (χ1n) is 6.06. The molecule has 2 N–H and O–H groups in total. The average molecular weight is 236 g/mol. The fourth-order valence-corrected chi connectivity index (χ4v) is 1.75. The molecule has 96 valence electrons. The molecule has 0 aliphatic heterocycles. The van der Waals surface area contributed by atoms with Crippen LogP contribution in [0.2, 0.25) is 0 Å². The molecular weight excluding hydrogens is 212 g/mol. The van der Waals surface area contributed by atoms with Crippen LogP contribution >= 0.6 is 0 Å². The van der Waals surface area contributed by atoms with Crippen molar-refractivity contribution in [2.75, 3.05) is 25.6 Å². The zero-order valence-corrected chi connectivity index (χ0v) is 11.4. The maximum atomic E-state index is 5.97. The van der Waals surface area contributed by atoms with Crippen LogP contribution in [0.5, 0.6) is 5.75 Å². The summed E-state index contributed by atoms with van der Waals surface area (Å²) < 4.78 is 5.22. The molecule has 0 spiro atoms. The average Bonchev–Trinajstić information content (AvgIpc) is 2.27. The first kappa shape index (κ1) is 13.8. The van der Waals surface area contributed by atoms with E-state index < -0.39 is 0 Å². The van der Waals surface area contributed by atoms with Gasteiger partial charge in [0.2, 0.25) is 0 Å². The first-order chi connectivity index (χ1) is 7.92. The lowest BCUT2D eigenvalue weighted by Crippen LogP contribution is -2.33. The fourth-order valence-electron chi connectivity index (χ4n) is 1.75. The Kier molecular flexibility index (Phi) is 4.82. The van der Waals surface area contributed by atoms with Gasteiger partial charge in [0.15, 0.2) is 0 Å². The topological polar surface area (TPSA) is 38.5 Å². The molecule has 17 heavy (non-hydrogen) atoms. The summed E-state index contributed by atoms with van der Waals surface area (Å²) in [5.74, 6) is 0.897. The molecular formula is C14H24N2O. The summed E-state index contributed by atoms with van der Waals surface area (Å²) in [6.07, 6.45) is 2.12. The van der Waals surface area contributed by atoms with Crippen molar-refractivity contribution in [3.05, 3.63) is 24.3 Å². The molecule has 0 radical (unpaired) electrons. The van der Waals surface area contributed by atoms with Crippen molar-refractivity contribution >= 4 is 5.69 Å². The van der Waals surface area contributed by atoms with Crippen LogP contribution in [0.1, 0.15) is 26.7 Å². The second kappa shape index (κ2) is 5.92. The highest BCUT2D eigenvalue weighted by Gasteiger charge is 2.10. The SMILES string of the molecule is COc1cccc(N(C)CCCC(C)(C)N)c1. The second-order valence-electron chi connectivity index (χ2n) is 5.22. The summed E-state index contributed by atoms with van der Waals surface area (Å²) in [5, 5.41) is 0. The standard InChI is InChI=1S/C14H24N2O/c1-14(2,15)9-6-10-16(3)12-7-5-8-13(11-12)17-4/h5,7-8,11H,6,9-10,15H2,1-4H3. The van der Waals surface area contributed by atoms with Gasteiger partial charge in [0, 0.05) is 30.9 Å². The van der Waals surface area contributed by atoms with Gasteiger partial charge in [-0.25, -0.2) is 0 Å². The van der Waals surface area contributed by atoms with E-state index in [4.69, 9.17) is 10.5 Å². The van der Waals surface area contributed by atoms with E-state index in [1.54, 1.807) is 7.11 Å². The summed E-state index contributed by atoms with van der Waals surface area (Å²) in [4.78, 5) is 2.23. The quantitative estimate of drug-likeness (QED) is 0.825. The van der Waals surface area contributed by atoms with Crippen LogP contribution in [-0.2, 0) is 0 Å². The summed E-state index contributed by atoms with van der Waals surface area (Å²) in [6, 6.07) is 8.11. The molecule has 1 aromatic carbocycles. The molecule has 3 nitrogen and oxygen atoms in total. The number of nitrogens with two attached hydrogens (primary N) is 1. The third-order valence-corrected chi connectivity index (χ3v) is 2.81. The molecule has 0 aliphatic carbocycles. The van der Waals surface area contributed by atoms with Crippen molar-refractivity contribution in [1.82, 2.24) is 0 Å². The van der Waals surface area contributed by atoms with Crippen LogP contribution in [0.4, 0.5) is 5.69 Å². The van der Waals surface area contributed by atoms with E-state index in [1.165, 1.54) is 5.69 Å². The lowest BCUT2D eigenvalue weighted by Gasteiger charge is -2.23. The number of rotatable bonds is 6. The van der Waals surface area contributed by atoms with Gasteiger partial charge in [-0.05, 0) is 38.8 Å². The molecule has 0 aliphatic rings. The van der Waals surface area contributed by atoms with Crippen LogP contribution in [0.3, 0.4) is 0 Å². The number of benzene rings is 1. The normalized spacial score (nSPS) is 11.4. The number of ether oxygens (including phenoxy) is 1.